The first-order valence-corrected chi connectivity index (χ1v) is 7.52. The molecule has 1 aromatic heterocycles. The summed E-state index contributed by atoms with van der Waals surface area (Å²) in [5, 5.41) is 0.307. The highest BCUT2D eigenvalue weighted by atomic mass is 35.5. The van der Waals surface area contributed by atoms with Crippen molar-refractivity contribution in [1.29, 1.82) is 0 Å². The Morgan fingerprint density at radius 1 is 1.45 bits per heavy atom. The van der Waals surface area contributed by atoms with Crippen molar-refractivity contribution in [3.8, 4) is 5.75 Å². The van der Waals surface area contributed by atoms with Crippen molar-refractivity contribution in [2.24, 2.45) is 0 Å². The van der Waals surface area contributed by atoms with E-state index in [2.05, 4.69) is 9.71 Å². The van der Waals surface area contributed by atoms with E-state index in [1.807, 2.05) is 0 Å². The minimum atomic E-state index is -3.77. The number of hydrogen-bond donors (Lipinski definition) is 1. The lowest BCUT2D eigenvalue weighted by Crippen LogP contribution is -2.24. The highest BCUT2D eigenvalue weighted by Crippen LogP contribution is 2.27. The number of sulfonamides is 1. The number of halogens is 1. The fourth-order valence-corrected chi connectivity index (χ4v) is 3.01. The van der Waals surface area contributed by atoms with Crippen LogP contribution in [0, 0.1) is 6.92 Å². The van der Waals surface area contributed by atoms with E-state index in [1.54, 1.807) is 13.0 Å². The van der Waals surface area contributed by atoms with E-state index < -0.39 is 10.0 Å². The zero-order valence-corrected chi connectivity index (χ0v) is 12.5. The molecule has 0 amide bonds. The zero-order valence-electron chi connectivity index (χ0n) is 10.9. The van der Waals surface area contributed by atoms with Crippen LogP contribution in [0.15, 0.2) is 33.9 Å². The predicted molar refractivity (Wildman–Crippen MR) is 73.3 cm³/mol. The lowest BCUT2D eigenvalue weighted by Gasteiger charge is -2.10. The maximum Gasteiger partial charge on any atom is 0.244 e. The monoisotopic (exact) mass is 316 g/mol. The number of hydrogen-bond acceptors (Lipinski definition) is 5. The van der Waals surface area contributed by atoms with Gasteiger partial charge >= 0.3 is 0 Å². The van der Waals surface area contributed by atoms with Crippen LogP contribution in [0.5, 0.6) is 5.75 Å². The molecule has 108 valence electrons. The quantitative estimate of drug-likeness (QED) is 0.913. The van der Waals surface area contributed by atoms with Gasteiger partial charge in [0.25, 0.3) is 0 Å². The second-order valence-electron chi connectivity index (χ2n) is 3.98. The van der Waals surface area contributed by atoms with E-state index in [1.165, 1.54) is 25.6 Å². The molecule has 20 heavy (non-hydrogen) atoms. The van der Waals surface area contributed by atoms with E-state index >= 15 is 0 Å². The third-order valence-electron chi connectivity index (χ3n) is 2.68. The summed E-state index contributed by atoms with van der Waals surface area (Å²) in [6, 6.07) is 4.38. The van der Waals surface area contributed by atoms with E-state index in [0.29, 0.717) is 16.5 Å². The summed E-state index contributed by atoms with van der Waals surface area (Å²) >= 11 is 5.83. The van der Waals surface area contributed by atoms with Crippen molar-refractivity contribution in [1.82, 2.24) is 9.71 Å². The van der Waals surface area contributed by atoms with Crippen LogP contribution in [0.3, 0.4) is 0 Å². The van der Waals surface area contributed by atoms with Crippen LogP contribution in [-0.4, -0.2) is 20.5 Å². The molecule has 0 aliphatic carbocycles. The van der Waals surface area contributed by atoms with Gasteiger partial charge < -0.3 is 9.15 Å². The van der Waals surface area contributed by atoms with Gasteiger partial charge in [-0.05, 0) is 25.1 Å². The van der Waals surface area contributed by atoms with Crippen LogP contribution >= 0.6 is 11.6 Å². The number of rotatable bonds is 5. The molecule has 0 unspecified atom stereocenters. The minimum absolute atomic E-state index is 0.00380. The molecule has 2 rings (SSSR count). The maximum atomic E-state index is 12.3. The molecule has 1 N–H and O–H groups in total. The molecule has 0 atom stereocenters. The highest BCUT2D eigenvalue weighted by molar-refractivity contribution is 7.89. The SMILES string of the molecule is COc1ccc(Cl)cc1S(=O)(=O)NCc1ocnc1C. The molecule has 0 bridgehead atoms. The summed E-state index contributed by atoms with van der Waals surface area (Å²) in [5.74, 6) is 0.672. The number of nitrogens with one attached hydrogen (secondary N) is 1. The number of aromatic nitrogens is 1. The molecule has 0 spiro atoms. The molecule has 1 aromatic carbocycles. The largest absolute Gasteiger partial charge is 0.495 e. The fourth-order valence-electron chi connectivity index (χ4n) is 1.59. The first-order valence-electron chi connectivity index (χ1n) is 5.66. The molecule has 0 saturated heterocycles. The van der Waals surface area contributed by atoms with Gasteiger partial charge in [-0.3, -0.25) is 0 Å². The van der Waals surface area contributed by atoms with Crippen molar-refractivity contribution < 1.29 is 17.6 Å². The molecular weight excluding hydrogens is 304 g/mol. The number of nitrogens with zero attached hydrogens (tertiary/aromatic N) is 1. The fraction of sp³-hybridized carbons (Fsp3) is 0.250. The molecule has 6 nitrogen and oxygen atoms in total. The highest BCUT2D eigenvalue weighted by Gasteiger charge is 2.20. The second kappa shape index (κ2) is 5.82. The van der Waals surface area contributed by atoms with E-state index in [0.717, 1.165) is 0 Å². The topological polar surface area (TPSA) is 81.4 Å². The Morgan fingerprint density at radius 2 is 2.20 bits per heavy atom. The predicted octanol–water partition coefficient (Wildman–Crippen LogP) is 2.12. The Hall–Kier alpha value is -1.57. The number of methoxy groups -OCH3 is 1. The van der Waals surface area contributed by atoms with E-state index in [9.17, 15) is 8.42 Å². The number of oxazole rings is 1. The molecule has 0 aliphatic rings. The molecule has 0 fully saturated rings. The average Bonchev–Trinajstić information content (AvgIpc) is 2.82. The standard InChI is InChI=1S/C12H13ClN2O4S/c1-8-11(19-7-14-8)6-15-20(16,17)12-5-9(13)3-4-10(12)18-2/h3-5,7,15H,6H2,1-2H3. The van der Waals surface area contributed by atoms with Crippen molar-refractivity contribution in [2.75, 3.05) is 7.11 Å². The minimum Gasteiger partial charge on any atom is -0.495 e. The van der Waals surface area contributed by atoms with Crippen LogP contribution in [0.25, 0.3) is 0 Å². The summed E-state index contributed by atoms with van der Waals surface area (Å²) in [4.78, 5) is 3.87. The summed E-state index contributed by atoms with van der Waals surface area (Å²) in [6.45, 7) is 1.73. The van der Waals surface area contributed by atoms with Crippen molar-refractivity contribution in [3.05, 3.63) is 41.1 Å². The average molecular weight is 317 g/mol. The maximum absolute atomic E-state index is 12.3. The van der Waals surface area contributed by atoms with Gasteiger partial charge in [0.05, 0.1) is 19.3 Å². The van der Waals surface area contributed by atoms with Gasteiger partial charge in [0.1, 0.15) is 16.4 Å². The van der Waals surface area contributed by atoms with E-state index in [4.69, 9.17) is 20.8 Å². The number of benzene rings is 1. The van der Waals surface area contributed by atoms with Gasteiger partial charge in [0, 0.05) is 5.02 Å². The van der Waals surface area contributed by atoms with Crippen LogP contribution in [-0.2, 0) is 16.6 Å². The number of aryl methyl sites for hydroxylation is 1. The van der Waals surface area contributed by atoms with Gasteiger partial charge in [-0.15, -0.1) is 0 Å². The first-order chi connectivity index (χ1) is 9.44. The summed E-state index contributed by atoms with van der Waals surface area (Å²) in [7, 11) is -2.37. The van der Waals surface area contributed by atoms with Gasteiger partial charge in [-0.2, -0.15) is 0 Å². The van der Waals surface area contributed by atoms with Crippen molar-refractivity contribution >= 4 is 21.6 Å². The Morgan fingerprint density at radius 3 is 2.80 bits per heavy atom. The summed E-state index contributed by atoms with van der Waals surface area (Å²) < 4.78 is 37.1. The Bertz CT molecular complexity index is 712. The smallest absolute Gasteiger partial charge is 0.244 e. The van der Waals surface area contributed by atoms with E-state index in [-0.39, 0.29) is 17.2 Å². The molecule has 1 heterocycles. The molecule has 8 heteroatoms. The lowest BCUT2D eigenvalue weighted by molar-refractivity contribution is 0.402. The van der Waals surface area contributed by atoms with Crippen LogP contribution in [0.2, 0.25) is 5.02 Å². The third kappa shape index (κ3) is 3.12. The first kappa shape index (κ1) is 14.8. The summed E-state index contributed by atoms with van der Waals surface area (Å²) in [6.07, 6.45) is 1.26. The van der Waals surface area contributed by atoms with Crippen LogP contribution < -0.4 is 9.46 Å². The number of ether oxygens (including phenoxy) is 1. The van der Waals surface area contributed by atoms with Gasteiger partial charge in [-0.1, -0.05) is 11.6 Å². The van der Waals surface area contributed by atoms with Gasteiger partial charge in [0.15, 0.2) is 6.39 Å². The zero-order chi connectivity index (χ0) is 14.8. The van der Waals surface area contributed by atoms with Gasteiger partial charge in [-0.25, -0.2) is 18.1 Å². The van der Waals surface area contributed by atoms with Crippen LogP contribution in [0.4, 0.5) is 0 Å². The molecule has 0 aliphatic heterocycles. The normalized spacial score (nSPS) is 11.6. The molecule has 0 saturated carbocycles. The Balaban J connectivity index is 2.26. The van der Waals surface area contributed by atoms with Crippen molar-refractivity contribution in [2.45, 2.75) is 18.4 Å². The Labute approximate surface area is 121 Å². The summed E-state index contributed by atoms with van der Waals surface area (Å²) in [5.41, 5.74) is 0.630. The third-order valence-corrected chi connectivity index (χ3v) is 4.34. The van der Waals surface area contributed by atoms with Gasteiger partial charge in [0.2, 0.25) is 10.0 Å². The lowest BCUT2D eigenvalue weighted by atomic mass is 10.3. The van der Waals surface area contributed by atoms with Crippen molar-refractivity contribution in [3.63, 3.8) is 0 Å². The molecular formula is C12H13ClN2O4S. The van der Waals surface area contributed by atoms with Crippen LogP contribution in [0.1, 0.15) is 11.5 Å². The molecule has 2 aromatic rings. The Kier molecular flexibility index (Phi) is 4.32. The second-order valence-corrected chi connectivity index (χ2v) is 6.15. The molecule has 0 radical (unpaired) electrons.